The van der Waals surface area contributed by atoms with E-state index in [1.54, 1.807) is 49.6 Å². The number of ether oxygens (including phenoxy) is 2. The van der Waals surface area contributed by atoms with Crippen molar-refractivity contribution < 1.29 is 22.7 Å². The molecule has 1 aliphatic heterocycles. The Labute approximate surface area is 158 Å². The van der Waals surface area contributed by atoms with Crippen molar-refractivity contribution in [2.75, 3.05) is 35.6 Å². The van der Waals surface area contributed by atoms with Crippen LogP contribution in [-0.4, -0.2) is 40.3 Å². The first-order valence-electron chi connectivity index (χ1n) is 8.57. The zero-order valence-corrected chi connectivity index (χ0v) is 16.1. The summed E-state index contributed by atoms with van der Waals surface area (Å²) in [6, 6.07) is 12.1. The number of carbonyl (C=O) groups excluding carboxylic acids is 1. The summed E-state index contributed by atoms with van der Waals surface area (Å²) in [5, 5.41) is 2.78. The quantitative estimate of drug-likeness (QED) is 0.819. The predicted molar refractivity (Wildman–Crippen MR) is 104 cm³/mol. The molecule has 3 rings (SSSR count). The van der Waals surface area contributed by atoms with E-state index >= 15 is 0 Å². The maximum atomic E-state index is 12.1. The van der Waals surface area contributed by atoms with Crippen LogP contribution in [0.4, 0.5) is 11.4 Å². The van der Waals surface area contributed by atoms with Crippen LogP contribution in [0.3, 0.4) is 0 Å². The van der Waals surface area contributed by atoms with E-state index in [1.165, 1.54) is 4.31 Å². The third kappa shape index (κ3) is 4.51. The van der Waals surface area contributed by atoms with Gasteiger partial charge in [-0.1, -0.05) is 0 Å². The summed E-state index contributed by atoms with van der Waals surface area (Å²) < 4.78 is 36.0. The zero-order chi connectivity index (χ0) is 19.4. The minimum Gasteiger partial charge on any atom is -0.497 e. The van der Waals surface area contributed by atoms with Crippen molar-refractivity contribution in [3.05, 3.63) is 48.0 Å². The maximum Gasteiger partial charge on any atom is 0.262 e. The number of sulfonamides is 1. The summed E-state index contributed by atoms with van der Waals surface area (Å²) in [5.74, 6) is 1.16. The van der Waals surface area contributed by atoms with Gasteiger partial charge in [0.2, 0.25) is 10.0 Å². The lowest BCUT2D eigenvalue weighted by Gasteiger charge is -2.18. The van der Waals surface area contributed by atoms with Crippen LogP contribution in [0.5, 0.6) is 11.5 Å². The van der Waals surface area contributed by atoms with Crippen molar-refractivity contribution in [3.63, 3.8) is 0 Å². The molecule has 0 radical (unpaired) electrons. The molecule has 27 heavy (non-hydrogen) atoms. The second kappa shape index (κ2) is 7.87. The highest BCUT2D eigenvalue weighted by Gasteiger charge is 2.28. The summed E-state index contributed by atoms with van der Waals surface area (Å²) in [7, 11) is -1.64. The Balaban J connectivity index is 1.60. The van der Waals surface area contributed by atoms with E-state index in [9.17, 15) is 13.2 Å². The first-order valence-corrected chi connectivity index (χ1v) is 10.2. The van der Waals surface area contributed by atoms with Crippen LogP contribution in [0.2, 0.25) is 0 Å². The number of hydrogen-bond donors (Lipinski definition) is 1. The minimum absolute atomic E-state index is 0.131. The van der Waals surface area contributed by atoms with Gasteiger partial charge in [-0.25, -0.2) is 8.42 Å². The molecule has 2 aromatic carbocycles. The van der Waals surface area contributed by atoms with E-state index in [4.69, 9.17) is 9.47 Å². The van der Waals surface area contributed by atoms with Crippen molar-refractivity contribution in [2.24, 2.45) is 0 Å². The number of carbonyl (C=O) groups is 1. The van der Waals surface area contributed by atoms with Crippen LogP contribution in [0, 0.1) is 6.92 Å². The van der Waals surface area contributed by atoms with Crippen molar-refractivity contribution in [1.29, 1.82) is 0 Å². The first kappa shape index (κ1) is 19.0. The monoisotopic (exact) mass is 390 g/mol. The second-order valence-electron chi connectivity index (χ2n) is 6.25. The molecule has 1 N–H and O–H groups in total. The third-order valence-electron chi connectivity index (χ3n) is 4.30. The number of nitrogens with zero attached hydrogens (tertiary/aromatic N) is 1. The van der Waals surface area contributed by atoms with Gasteiger partial charge in [-0.3, -0.25) is 9.10 Å². The average molecular weight is 390 g/mol. The van der Waals surface area contributed by atoms with E-state index in [-0.39, 0.29) is 18.3 Å². The number of rotatable bonds is 6. The van der Waals surface area contributed by atoms with E-state index in [0.717, 1.165) is 5.56 Å². The standard InChI is InChI=1S/C19H22N2O5S/c1-14-12-15(21-10-3-11-27(21,23)24)4-9-18(14)20-19(22)13-26-17-7-5-16(25-2)6-8-17/h4-9,12H,3,10-11,13H2,1-2H3,(H,20,22). The number of aryl methyl sites for hydroxylation is 1. The molecule has 0 saturated carbocycles. The van der Waals surface area contributed by atoms with Crippen LogP contribution in [0.1, 0.15) is 12.0 Å². The van der Waals surface area contributed by atoms with Gasteiger partial charge in [-0.2, -0.15) is 0 Å². The fourth-order valence-corrected chi connectivity index (χ4v) is 4.44. The van der Waals surface area contributed by atoms with Gasteiger partial charge in [0.05, 0.1) is 18.6 Å². The molecule has 0 bridgehead atoms. The Morgan fingerprint density at radius 2 is 1.85 bits per heavy atom. The van der Waals surface area contributed by atoms with E-state index in [0.29, 0.717) is 35.8 Å². The van der Waals surface area contributed by atoms with Crippen LogP contribution in [0.15, 0.2) is 42.5 Å². The van der Waals surface area contributed by atoms with E-state index in [2.05, 4.69) is 5.32 Å². The van der Waals surface area contributed by atoms with Crippen molar-refractivity contribution in [1.82, 2.24) is 0 Å². The number of benzene rings is 2. The summed E-state index contributed by atoms with van der Waals surface area (Å²) in [5.41, 5.74) is 2.03. The molecule has 2 aromatic rings. The summed E-state index contributed by atoms with van der Waals surface area (Å²) in [4.78, 5) is 12.1. The predicted octanol–water partition coefficient (Wildman–Crippen LogP) is 2.56. The molecule has 0 aliphatic carbocycles. The third-order valence-corrected chi connectivity index (χ3v) is 6.17. The fourth-order valence-electron chi connectivity index (χ4n) is 2.88. The number of methoxy groups -OCH3 is 1. The highest BCUT2D eigenvalue weighted by atomic mass is 32.2. The molecule has 1 saturated heterocycles. The van der Waals surface area contributed by atoms with E-state index in [1.807, 2.05) is 6.92 Å². The van der Waals surface area contributed by atoms with E-state index < -0.39 is 10.0 Å². The molecule has 0 atom stereocenters. The largest absolute Gasteiger partial charge is 0.497 e. The summed E-state index contributed by atoms with van der Waals surface area (Å²) in [6.45, 7) is 2.18. The zero-order valence-electron chi connectivity index (χ0n) is 15.3. The smallest absolute Gasteiger partial charge is 0.262 e. The fraction of sp³-hybridized carbons (Fsp3) is 0.316. The molecule has 144 valence electrons. The molecule has 0 spiro atoms. The normalized spacial score (nSPS) is 15.4. The second-order valence-corrected chi connectivity index (χ2v) is 8.27. The van der Waals surface area contributed by atoms with Crippen molar-refractivity contribution >= 4 is 27.3 Å². The van der Waals surface area contributed by atoms with Gasteiger partial charge < -0.3 is 14.8 Å². The summed E-state index contributed by atoms with van der Waals surface area (Å²) >= 11 is 0. The number of anilines is 2. The lowest BCUT2D eigenvalue weighted by atomic mass is 10.1. The first-order chi connectivity index (χ1) is 12.9. The Morgan fingerprint density at radius 3 is 2.44 bits per heavy atom. The molecule has 1 amide bonds. The van der Waals surface area contributed by atoms with Crippen LogP contribution in [0.25, 0.3) is 0 Å². The minimum atomic E-state index is -3.22. The molecular formula is C19H22N2O5S. The van der Waals surface area contributed by atoms with Crippen molar-refractivity contribution in [2.45, 2.75) is 13.3 Å². The van der Waals surface area contributed by atoms with Gasteiger partial charge in [-0.05, 0) is 61.4 Å². The van der Waals surface area contributed by atoms with Gasteiger partial charge in [0.25, 0.3) is 5.91 Å². The lowest BCUT2D eigenvalue weighted by Crippen LogP contribution is -2.25. The van der Waals surface area contributed by atoms with Crippen LogP contribution < -0.4 is 19.1 Å². The van der Waals surface area contributed by atoms with Gasteiger partial charge in [-0.15, -0.1) is 0 Å². The molecule has 1 heterocycles. The van der Waals surface area contributed by atoms with Crippen LogP contribution >= 0.6 is 0 Å². The maximum absolute atomic E-state index is 12.1. The highest BCUT2D eigenvalue weighted by molar-refractivity contribution is 7.93. The number of nitrogens with one attached hydrogen (secondary N) is 1. The Hall–Kier alpha value is -2.74. The molecule has 0 unspecified atom stereocenters. The number of amides is 1. The Kier molecular flexibility index (Phi) is 5.55. The van der Waals surface area contributed by atoms with Gasteiger partial charge in [0.15, 0.2) is 6.61 Å². The molecule has 7 nitrogen and oxygen atoms in total. The topological polar surface area (TPSA) is 84.9 Å². The Morgan fingerprint density at radius 1 is 1.15 bits per heavy atom. The summed E-state index contributed by atoms with van der Waals surface area (Å²) in [6.07, 6.45) is 0.628. The molecule has 1 aliphatic rings. The van der Waals surface area contributed by atoms with Crippen LogP contribution in [-0.2, 0) is 14.8 Å². The SMILES string of the molecule is COc1ccc(OCC(=O)Nc2ccc(N3CCCS3(=O)=O)cc2C)cc1. The Bertz CT molecular complexity index is 926. The van der Waals surface area contributed by atoms with Gasteiger partial charge in [0, 0.05) is 12.2 Å². The van der Waals surface area contributed by atoms with Gasteiger partial charge >= 0.3 is 0 Å². The molecule has 0 aromatic heterocycles. The van der Waals surface area contributed by atoms with Gasteiger partial charge in [0.1, 0.15) is 11.5 Å². The lowest BCUT2D eigenvalue weighted by molar-refractivity contribution is -0.118. The molecular weight excluding hydrogens is 368 g/mol. The average Bonchev–Trinajstić information content (AvgIpc) is 3.01. The highest BCUT2D eigenvalue weighted by Crippen LogP contribution is 2.28. The number of hydrogen-bond acceptors (Lipinski definition) is 5. The molecule has 8 heteroatoms. The van der Waals surface area contributed by atoms with Crippen molar-refractivity contribution in [3.8, 4) is 11.5 Å². The molecule has 1 fully saturated rings.